The second-order valence-electron chi connectivity index (χ2n) is 2.58. The van der Waals surface area contributed by atoms with Gasteiger partial charge in [-0.3, -0.25) is 4.79 Å². The quantitative estimate of drug-likeness (QED) is 0.638. The number of alkyl halides is 3. The zero-order valence-corrected chi connectivity index (χ0v) is 7.89. The number of nitrogens with two attached hydrogens (primary N) is 1. The zero-order valence-electron chi connectivity index (χ0n) is 7.14. The maximum absolute atomic E-state index is 11.9. The van der Waals surface area contributed by atoms with Crippen molar-refractivity contribution in [1.29, 1.82) is 0 Å². The van der Waals surface area contributed by atoms with E-state index < -0.39 is 12.1 Å². The summed E-state index contributed by atoms with van der Waals surface area (Å²) < 4.78 is 39.2. The Hall–Kier alpha value is -1.43. The molecule has 0 aromatic heterocycles. The third-order valence-corrected chi connectivity index (χ3v) is 1.81. The van der Waals surface area contributed by atoms with Gasteiger partial charge in [0.2, 0.25) is 0 Å². The van der Waals surface area contributed by atoms with Gasteiger partial charge in [0.25, 0.3) is 0 Å². The molecule has 0 aliphatic carbocycles. The van der Waals surface area contributed by atoms with Crippen molar-refractivity contribution in [3.05, 3.63) is 22.7 Å². The predicted molar refractivity (Wildman–Crippen MR) is 47.9 cm³/mol. The molecule has 82 valence electrons. The van der Waals surface area contributed by atoms with Crippen LogP contribution in [0, 0.1) is 0 Å². The largest absolute Gasteiger partial charge is 0.573 e. The normalized spacial score (nSPS) is 11.2. The number of hydrogen-bond donors (Lipinski definition) is 1. The fourth-order valence-corrected chi connectivity index (χ4v) is 1.05. The lowest BCUT2D eigenvalue weighted by atomic mass is 10.2. The van der Waals surface area contributed by atoms with Crippen LogP contribution in [0.4, 0.5) is 18.9 Å². The number of nitrogen functional groups attached to an aromatic ring is 1. The molecule has 1 aromatic rings. The highest BCUT2D eigenvalue weighted by Crippen LogP contribution is 2.31. The molecule has 0 saturated carbocycles. The number of benzene rings is 1. The molecule has 0 unspecified atom stereocenters. The number of rotatable bonds is 2. The summed E-state index contributed by atoms with van der Waals surface area (Å²) in [7, 11) is 0. The molecule has 1 rings (SSSR count). The summed E-state index contributed by atoms with van der Waals surface area (Å²) in [5, 5.41) is -0.111. The lowest BCUT2D eigenvalue weighted by Crippen LogP contribution is -2.18. The van der Waals surface area contributed by atoms with E-state index >= 15 is 0 Å². The van der Waals surface area contributed by atoms with Crippen molar-refractivity contribution in [2.75, 3.05) is 5.73 Å². The topological polar surface area (TPSA) is 52.3 Å². The Morgan fingerprint density at radius 3 is 2.47 bits per heavy atom. The van der Waals surface area contributed by atoms with Crippen LogP contribution >= 0.6 is 11.6 Å². The van der Waals surface area contributed by atoms with E-state index in [4.69, 9.17) is 17.3 Å². The number of ether oxygens (including phenoxy) is 1. The van der Waals surface area contributed by atoms with E-state index in [0.29, 0.717) is 0 Å². The molecule has 0 atom stereocenters. The van der Waals surface area contributed by atoms with Gasteiger partial charge in [-0.2, -0.15) is 0 Å². The van der Waals surface area contributed by atoms with Crippen LogP contribution in [0.25, 0.3) is 0 Å². The Morgan fingerprint density at radius 1 is 1.40 bits per heavy atom. The van der Waals surface area contributed by atoms with E-state index in [1.807, 2.05) is 0 Å². The average molecular weight is 240 g/mol. The van der Waals surface area contributed by atoms with Crippen molar-refractivity contribution in [2.24, 2.45) is 0 Å². The maximum atomic E-state index is 11.9. The summed E-state index contributed by atoms with van der Waals surface area (Å²) in [6.07, 6.45) is -4.68. The smallest absolute Gasteiger partial charge is 0.405 e. The van der Waals surface area contributed by atoms with Gasteiger partial charge in [-0.25, -0.2) is 0 Å². The SMILES string of the molecule is Nc1cc(C=O)c(OC(F)(F)F)cc1Cl. The Morgan fingerprint density at radius 2 is 2.00 bits per heavy atom. The Bertz CT molecular complexity index is 392. The van der Waals surface area contributed by atoms with Crippen LogP contribution in [-0.4, -0.2) is 12.6 Å². The highest BCUT2D eigenvalue weighted by atomic mass is 35.5. The van der Waals surface area contributed by atoms with Gasteiger partial charge in [0.05, 0.1) is 16.3 Å². The van der Waals surface area contributed by atoms with Gasteiger partial charge in [-0.1, -0.05) is 11.6 Å². The summed E-state index contributed by atoms with van der Waals surface area (Å²) in [5.41, 5.74) is 5.00. The number of carbonyl (C=O) groups is 1. The van der Waals surface area contributed by atoms with Gasteiger partial charge in [-0.05, 0) is 6.07 Å². The van der Waals surface area contributed by atoms with E-state index in [0.717, 1.165) is 12.1 Å². The van der Waals surface area contributed by atoms with Gasteiger partial charge in [-0.15, -0.1) is 13.2 Å². The molecule has 7 heteroatoms. The number of anilines is 1. The molecule has 0 aliphatic heterocycles. The minimum atomic E-state index is -4.88. The average Bonchev–Trinajstić information content (AvgIpc) is 2.08. The molecule has 1 aromatic carbocycles. The van der Waals surface area contributed by atoms with Crippen molar-refractivity contribution in [3.63, 3.8) is 0 Å². The zero-order chi connectivity index (χ0) is 11.6. The first kappa shape index (κ1) is 11.6. The number of hydrogen-bond acceptors (Lipinski definition) is 3. The third-order valence-electron chi connectivity index (χ3n) is 1.48. The summed E-state index contributed by atoms with van der Waals surface area (Å²) >= 11 is 5.48. The van der Waals surface area contributed by atoms with Crippen molar-refractivity contribution in [2.45, 2.75) is 6.36 Å². The second kappa shape index (κ2) is 3.98. The van der Waals surface area contributed by atoms with Crippen LogP contribution in [-0.2, 0) is 0 Å². The molecule has 2 N–H and O–H groups in total. The van der Waals surface area contributed by atoms with Gasteiger partial charge < -0.3 is 10.5 Å². The lowest BCUT2D eigenvalue weighted by molar-refractivity contribution is -0.274. The predicted octanol–water partition coefficient (Wildman–Crippen LogP) is 2.63. The summed E-state index contributed by atoms with van der Waals surface area (Å²) in [6.45, 7) is 0. The van der Waals surface area contributed by atoms with E-state index in [-0.39, 0.29) is 22.6 Å². The molecule has 0 bridgehead atoms. The molecule has 0 spiro atoms. The van der Waals surface area contributed by atoms with Crippen LogP contribution in [0.3, 0.4) is 0 Å². The molecule has 0 fully saturated rings. The Labute approximate surface area is 87.6 Å². The third kappa shape index (κ3) is 3.02. The molecule has 0 saturated heterocycles. The van der Waals surface area contributed by atoms with Crippen LogP contribution in [0.5, 0.6) is 5.75 Å². The van der Waals surface area contributed by atoms with Gasteiger partial charge in [0.15, 0.2) is 6.29 Å². The number of aldehydes is 1. The van der Waals surface area contributed by atoms with Crippen LogP contribution in [0.15, 0.2) is 12.1 Å². The summed E-state index contributed by atoms with van der Waals surface area (Å²) in [5.74, 6) is -0.670. The molecule has 15 heavy (non-hydrogen) atoms. The number of carbonyl (C=O) groups excluding carboxylic acids is 1. The van der Waals surface area contributed by atoms with Crippen LogP contribution in [0.1, 0.15) is 10.4 Å². The number of halogens is 4. The van der Waals surface area contributed by atoms with Crippen LogP contribution < -0.4 is 10.5 Å². The monoisotopic (exact) mass is 239 g/mol. The van der Waals surface area contributed by atoms with E-state index in [2.05, 4.69) is 4.74 Å². The highest BCUT2D eigenvalue weighted by Gasteiger charge is 2.32. The first-order valence-electron chi connectivity index (χ1n) is 3.63. The van der Waals surface area contributed by atoms with E-state index in [1.54, 1.807) is 0 Å². The molecule has 3 nitrogen and oxygen atoms in total. The first-order chi connectivity index (χ1) is 6.83. The summed E-state index contributed by atoms with van der Waals surface area (Å²) in [4.78, 5) is 10.4. The lowest BCUT2D eigenvalue weighted by Gasteiger charge is -2.11. The minimum Gasteiger partial charge on any atom is -0.405 e. The summed E-state index contributed by atoms with van der Waals surface area (Å²) in [6, 6.07) is 1.85. The molecule has 0 radical (unpaired) electrons. The van der Waals surface area contributed by atoms with Crippen molar-refractivity contribution >= 4 is 23.6 Å². The van der Waals surface area contributed by atoms with Gasteiger partial charge >= 0.3 is 6.36 Å². The Kier molecular flexibility index (Phi) is 3.09. The van der Waals surface area contributed by atoms with Gasteiger partial charge in [0, 0.05) is 6.07 Å². The Balaban J connectivity index is 3.16. The first-order valence-corrected chi connectivity index (χ1v) is 4.01. The molecular formula is C8H5ClF3NO2. The fraction of sp³-hybridized carbons (Fsp3) is 0.125. The fourth-order valence-electron chi connectivity index (χ4n) is 0.895. The highest BCUT2D eigenvalue weighted by molar-refractivity contribution is 6.33. The van der Waals surface area contributed by atoms with Crippen molar-refractivity contribution in [3.8, 4) is 5.75 Å². The van der Waals surface area contributed by atoms with Crippen LogP contribution in [0.2, 0.25) is 5.02 Å². The van der Waals surface area contributed by atoms with Crippen molar-refractivity contribution < 1.29 is 22.7 Å². The second-order valence-corrected chi connectivity index (χ2v) is 2.98. The van der Waals surface area contributed by atoms with E-state index in [1.165, 1.54) is 0 Å². The minimum absolute atomic E-state index is 0.00768. The van der Waals surface area contributed by atoms with E-state index in [9.17, 15) is 18.0 Å². The molecule has 0 aliphatic rings. The standard InChI is InChI=1S/C8H5ClF3NO2/c9-5-2-7(15-8(10,11)12)4(3-14)1-6(5)13/h1-3H,13H2. The molecule has 0 amide bonds. The maximum Gasteiger partial charge on any atom is 0.573 e. The molecule has 0 heterocycles. The van der Waals surface area contributed by atoms with Crippen molar-refractivity contribution in [1.82, 2.24) is 0 Å². The van der Waals surface area contributed by atoms with Gasteiger partial charge in [0.1, 0.15) is 5.75 Å². The molecular weight excluding hydrogens is 235 g/mol.